The fourth-order valence-electron chi connectivity index (χ4n) is 3.83. The topological polar surface area (TPSA) is 103 Å². The van der Waals surface area contributed by atoms with E-state index in [4.69, 9.17) is 16.3 Å². The van der Waals surface area contributed by atoms with Crippen LogP contribution in [0, 0.1) is 6.92 Å². The monoisotopic (exact) mass is 481 g/mol. The third kappa shape index (κ3) is 4.60. The van der Waals surface area contributed by atoms with Crippen LogP contribution in [0.5, 0.6) is 0 Å². The highest BCUT2D eigenvalue weighted by Gasteiger charge is 2.12. The van der Waals surface area contributed by atoms with Gasteiger partial charge in [0, 0.05) is 28.2 Å². The molecule has 2 heterocycles. The van der Waals surface area contributed by atoms with Crippen molar-refractivity contribution in [2.24, 2.45) is 4.99 Å². The average Bonchev–Trinajstić information content (AvgIpc) is 3.11. The van der Waals surface area contributed by atoms with Crippen LogP contribution in [0.2, 0.25) is 5.02 Å². The summed E-state index contributed by atoms with van der Waals surface area (Å²) in [5.41, 5.74) is 2.29. The molecule has 0 saturated carbocycles. The summed E-state index contributed by atoms with van der Waals surface area (Å²) in [7, 11) is 1.35. The Morgan fingerprint density at radius 3 is 2.47 bits per heavy atom. The molecule has 4 aromatic rings. The second-order valence-electron chi connectivity index (χ2n) is 7.80. The first kappa shape index (κ1) is 23.3. The summed E-state index contributed by atoms with van der Waals surface area (Å²) >= 11 is 5.98. The van der Waals surface area contributed by atoms with Gasteiger partial charge in [-0.05, 0) is 55.8 Å². The second-order valence-corrected chi connectivity index (χ2v) is 8.23. The van der Waals surface area contributed by atoms with Crippen LogP contribution in [0.25, 0.3) is 10.9 Å². The van der Waals surface area contributed by atoms with E-state index in [0.717, 1.165) is 26.7 Å². The number of ether oxygens (including phenoxy) is 1. The van der Waals surface area contributed by atoms with Gasteiger partial charge in [0.05, 0.1) is 19.3 Å². The number of aromatic nitrogens is 4. The summed E-state index contributed by atoms with van der Waals surface area (Å²) in [5.74, 6) is -0.341. The first-order chi connectivity index (χ1) is 16.3. The number of nitrogens with zero attached hydrogens (tertiary/aromatic N) is 4. The molecular formula is C24H24ClN5O4. The van der Waals surface area contributed by atoms with E-state index in [1.165, 1.54) is 11.7 Å². The number of hydrogen-bond acceptors (Lipinski definition) is 5. The minimum absolute atomic E-state index is 0.103. The molecule has 0 amide bonds. The van der Waals surface area contributed by atoms with Crippen molar-refractivity contribution in [1.29, 1.82) is 0 Å². The lowest BCUT2D eigenvalue weighted by atomic mass is 10.2. The van der Waals surface area contributed by atoms with E-state index in [-0.39, 0.29) is 31.2 Å². The molecule has 0 atom stereocenters. The van der Waals surface area contributed by atoms with Gasteiger partial charge in [0.15, 0.2) is 0 Å². The van der Waals surface area contributed by atoms with Crippen LogP contribution in [0.3, 0.4) is 0 Å². The van der Waals surface area contributed by atoms with Crippen LogP contribution in [0.4, 0.5) is 5.69 Å². The number of H-pyrrole nitrogens is 1. The summed E-state index contributed by atoms with van der Waals surface area (Å²) < 4.78 is 9.19. The smallest absolute Gasteiger partial charge is 0.335 e. The predicted octanol–water partition coefficient (Wildman–Crippen LogP) is 2.73. The number of esters is 1. The highest BCUT2D eigenvalue weighted by Crippen LogP contribution is 2.24. The number of aromatic amines is 1. The van der Waals surface area contributed by atoms with Crippen molar-refractivity contribution in [3.05, 3.63) is 91.4 Å². The maximum atomic E-state index is 13.1. The van der Waals surface area contributed by atoms with E-state index in [0.29, 0.717) is 10.7 Å². The van der Waals surface area contributed by atoms with Crippen molar-refractivity contribution in [1.82, 2.24) is 18.7 Å². The van der Waals surface area contributed by atoms with Crippen molar-refractivity contribution in [2.75, 3.05) is 7.11 Å². The summed E-state index contributed by atoms with van der Waals surface area (Å²) in [6.45, 7) is 4.18. The van der Waals surface area contributed by atoms with Crippen molar-refractivity contribution >= 4 is 34.2 Å². The lowest BCUT2D eigenvalue weighted by Gasteiger charge is -2.10. The predicted molar refractivity (Wildman–Crippen MR) is 129 cm³/mol. The highest BCUT2D eigenvalue weighted by atomic mass is 35.5. The Labute approximate surface area is 199 Å². The first-order valence-corrected chi connectivity index (χ1v) is 11.1. The van der Waals surface area contributed by atoms with E-state index in [1.54, 1.807) is 25.1 Å². The van der Waals surface area contributed by atoms with E-state index in [2.05, 4.69) is 9.98 Å². The molecule has 0 unspecified atom stereocenters. The Hall–Kier alpha value is -3.85. The number of carbonyl (C=O) groups is 1. The minimum atomic E-state index is -0.528. The Kier molecular flexibility index (Phi) is 6.56. The van der Waals surface area contributed by atoms with Crippen LogP contribution in [-0.2, 0) is 29.2 Å². The Morgan fingerprint density at radius 1 is 1.06 bits per heavy atom. The quantitative estimate of drug-likeness (QED) is 0.427. The van der Waals surface area contributed by atoms with Gasteiger partial charge in [0.1, 0.15) is 6.54 Å². The van der Waals surface area contributed by atoms with Crippen molar-refractivity contribution in [3.8, 4) is 0 Å². The van der Waals surface area contributed by atoms with E-state index < -0.39 is 11.4 Å². The third-order valence-electron chi connectivity index (χ3n) is 5.59. The first-order valence-electron chi connectivity index (χ1n) is 10.7. The third-order valence-corrected chi connectivity index (χ3v) is 5.85. The normalized spacial score (nSPS) is 11.8. The molecule has 10 heteroatoms. The van der Waals surface area contributed by atoms with Gasteiger partial charge in [-0.15, -0.1) is 0 Å². The Morgan fingerprint density at radius 2 is 1.79 bits per heavy atom. The molecule has 0 aliphatic rings. The van der Waals surface area contributed by atoms with Crippen molar-refractivity contribution in [3.63, 3.8) is 0 Å². The number of benzene rings is 2. The molecule has 0 bridgehead atoms. The molecule has 34 heavy (non-hydrogen) atoms. The number of rotatable bonds is 6. The molecule has 9 nitrogen and oxygen atoms in total. The van der Waals surface area contributed by atoms with Gasteiger partial charge >= 0.3 is 17.3 Å². The molecule has 2 aromatic carbocycles. The number of fused-ring (bicyclic) bond motifs is 1. The zero-order valence-corrected chi connectivity index (χ0v) is 19.8. The molecule has 176 valence electrons. The van der Waals surface area contributed by atoms with Gasteiger partial charge in [-0.2, -0.15) is 0 Å². The van der Waals surface area contributed by atoms with Gasteiger partial charge in [0.25, 0.3) is 0 Å². The minimum Gasteiger partial charge on any atom is -0.468 e. The molecule has 0 aliphatic carbocycles. The van der Waals surface area contributed by atoms with Crippen molar-refractivity contribution < 1.29 is 9.53 Å². The molecule has 2 aromatic heterocycles. The molecule has 0 radical (unpaired) electrons. The lowest BCUT2D eigenvalue weighted by molar-refractivity contribution is -0.141. The van der Waals surface area contributed by atoms with Crippen LogP contribution in [0.15, 0.2) is 63.1 Å². The molecule has 1 N–H and O–H groups in total. The zero-order chi connectivity index (χ0) is 24.4. The van der Waals surface area contributed by atoms with Crippen molar-refractivity contribution in [2.45, 2.75) is 33.5 Å². The van der Waals surface area contributed by atoms with E-state index in [1.807, 2.05) is 41.8 Å². The standard InChI is InChI=1S/C24H24ClN5O4/c1-4-28-23(32)27-22(30(24(28)33)13-16-5-7-18(25)8-6-16)26-19-9-10-20-17(12-19)11-15(2)29(20)14-21(31)34-3/h5-12H,4,13-14H2,1-3H3,(H,26,27,32). The van der Waals surface area contributed by atoms with E-state index >= 15 is 0 Å². The van der Waals surface area contributed by atoms with Gasteiger partial charge in [-0.25, -0.2) is 19.1 Å². The maximum Gasteiger partial charge on any atom is 0.335 e. The van der Waals surface area contributed by atoms with Crippen LogP contribution >= 0.6 is 11.6 Å². The molecule has 4 rings (SSSR count). The van der Waals surface area contributed by atoms with Gasteiger partial charge in [-0.1, -0.05) is 23.7 Å². The largest absolute Gasteiger partial charge is 0.468 e. The zero-order valence-electron chi connectivity index (χ0n) is 19.0. The average molecular weight is 482 g/mol. The number of methoxy groups -OCH3 is 1. The highest BCUT2D eigenvalue weighted by molar-refractivity contribution is 6.30. The van der Waals surface area contributed by atoms with E-state index in [9.17, 15) is 14.4 Å². The molecule has 0 saturated heterocycles. The maximum absolute atomic E-state index is 13.1. The Balaban J connectivity index is 1.84. The SMILES string of the molecule is CCn1c(=O)[nH]/c(=N\c2ccc3c(c2)cc(C)n3CC(=O)OC)n(Cc2ccc(Cl)cc2)c1=O. The van der Waals surface area contributed by atoms with Gasteiger partial charge < -0.3 is 9.30 Å². The van der Waals surface area contributed by atoms with Gasteiger partial charge in [-0.3, -0.25) is 14.3 Å². The number of halogens is 1. The lowest BCUT2D eigenvalue weighted by Crippen LogP contribution is -2.49. The molecule has 0 spiro atoms. The summed E-state index contributed by atoms with van der Waals surface area (Å²) in [6, 6.07) is 14.5. The summed E-state index contributed by atoms with van der Waals surface area (Å²) in [5, 5.41) is 1.46. The second kappa shape index (κ2) is 9.56. The fourth-order valence-corrected chi connectivity index (χ4v) is 3.95. The summed E-state index contributed by atoms with van der Waals surface area (Å²) in [4.78, 5) is 44.6. The number of nitrogens with one attached hydrogen (secondary N) is 1. The van der Waals surface area contributed by atoms with Crippen LogP contribution < -0.4 is 17.0 Å². The molecule has 0 aliphatic heterocycles. The number of carbonyl (C=O) groups excluding carboxylic acids is 1. The Bertz CT molecular complexity index is 1560. The fraction of sp³-hybridized carbons (Fsp3) is 0.250. The van der Waals surface area contributed by atoms with Crippen LogP contribution in [-0.4, -0.2) is 31.8 Å². The number of hydrogen-bond donors (Lipinski definition) is 1. The molecular weight excluding hydrogens is 458 g/mol. The summed E-state index contributed by atoms with van der Waals surface area (Å²) in [6.07, 6.45) is 0. The molecule has 0 fully saturated rings. The number of aryl methyl sites for hydroxylation is 1. The van der Waals surface area contributed by atoms with Gasteiger partial charge in [0.2, 0.25) is 5.62 Å². The van der Waals surface area contributed by atoms with Crippen LogP contribution in [0.1, 0.15) is 18.2 Å².